The highest BCUT2D eigenvalue weighted by Gasteiger charge is 2.48. The van der Waals surface area contributed by atoms with Crippen LogP contribution in [0.25, 0.3) is 0 Å². The van der Waals surface area contributed by atoms with E-state index in [1.165, 1.54) is 0 Å². The van der Waals surface area contributed by atoms with E-state index in [1.807, 2.05) is 19.1 Å². The van der Waals surface area contributed by atoms with Crippen molar-refractivity contribution in [2.24, 2.45) is 10.8 Å². The van der Waals surface area contributed by atoms with Crippen molar-refractivity contribution in [1.29, 1.82) is 0 Å². The van der Waals surface area contributed by atoms with Crippen LogP contribution >= 0.6 is 0 Å². The Morgan fingerprint density at radius 2 is 1.53 bits per heavy atom. The zero-order chi connectivity index (χ0) is 31.1. The maximum Gasteiger partial charge on any atom is 0.335 e. The topological polar surface area (TPSA) is 99.1 Å². The summed E-state index contributed by atoms with van der Waals surface area (Å²) in [6.07, 6.45) is 4.27. The summed E-state index contributed by atoms with van der Waals surface area (Å²) in [4.78, 5) is 38.8. The highest BCUT2D eigenvalue weighted by Crippen LogP contribution is 2.54. The van der Waals surface area contributed by atoms with Gasteiger partial charge >= 0.3 is 5.97 Å². The van der Waals surface area contributed by atoms with Crippen molar-refractivity contribution in [2.45, 2.75) is 79.2 Å². The maximum atomic E-state index is 13.8. The summed E-state index contributed by atoms with van der Waals surface area (Å²) in [6.45, 7) is 14.7. The van der Waals surface area contributed by atoms with Crippen LogP contribution in [0.1, 0.15) is 93.3 Å². The van der Waals surface area contributed by atoms with Crippen LogP contribution in [-0.2, 0) is 27.4 Å². The lowest BCUT2D eigenvalue weighted by Gasteiger charge is -2.42. The van der Waals surface area contributed by atoms with Crippen molar-refractivity contribution in [3.63, 3.8) is 0 Å². The summed E-state index contributed by atoms with van der Waals surface area (Å²) in [5, 5.41) is 9.22. The smallest absolute Gasteiger partial charge is 0.335 e. The number of carboxylic acid groups (broad SMARTS) is 1. The van der Waals surface area contributed by atoms with Crippen molar-refractivity contribution in [3.8, 4) is 11.5 Å². The first kappa shape index (κ1) is 30.3. The second-order valence-electron chi connectivity index (χ2n) is 13.3. The molecule has 0 saturated heterocycles. The minimum atomic E-state index is -0.986. The molecule has 0 saturated carbocycles. The average Bonchev–Trinajstić information content (AvgIpc) is 2.90. The lowest BCUT2D eigenvalue weighted by Crippen LogP contribution is -2.37. The molecule has 7 nitrogen and oxygen atoms in total. The van der Waals surface area contributed by atoms with Gasteiger partial charge in [-0.3, -0.25) is 9.59 Å². The Bertz CT molecular complexity index is 1500. The SMILES string of the molecule is C=CCc1cc(C2C3=C(CC(C)(C)CC3=O)OC3=C2C(=O)CC(C)(C)C3)cc(OCC)c1OCc1ccc(C(=O)O)cc1. The Labute approximate surface area is 253 Å². The number of carboxylic acids is 1. The van der Waals surface area contributed by atoms with Crippen molar-refractivity contribution in [1.82, 2.24) is 0 Å². The van der Waals surface area contributed by atoms with Crippen LogP contribution in [0.2, 0.25) is 0 Å². The van der Waals surface area contributed by atoms with Crippen LogP contribution in [0.4, 0.5) is 0 Å². The third-order valence-electron chi connectivity index (χ3n) is 8.32. The monoisotopic (exact) mass is 584 g/mol. The van der Waals surface area contributed by atoms with Gasteiger partial charge in [0.05, 0.1) is 12.2 Å². The number of rotatable bonds is 9. The van der Waals surface area contributed by atoms with Gasteiger partial charge in [-0.2, -0.15) is 0 Å². The van der Waals surface area contributed by atoms with E-state index in [9.17, 15) is 19.5 Å². The Morgan fingerprint density at radius 1 is 0.953 bits per heavy atom. The summed E-state index contributed by atoms with van der Waals surface area (Å²) < 4.78 is 18.9. The highest BCUT2D eigenvalue weighted by atomic mass is 16.5. The fourth-order valence-electron chi connectivity index (χ4n) is 6.49. The van der Waals surface area contributed by atoms with Crippen molar-refractivity contribution >= 4 is 17.5 Å². The van der Waals surface area contributed by atoms with Crippen LogP contribution in [-0.4, -0.2) is 29.2 Å². The molecule has 0 aromatic heterocycles. The van der Waals surface area contributed by atoms with Gasteiger partial charge in [-0.15, -0.1) is 6.58 Å². The summed E-state index contributed by atoms with van der Waals surface area (Å²) in [5.41, 5.74) is 3.30. The third kappa shape index (κ3) is 6.17. The molecule has 0 bridgehead atoms. The summed E-state index contributed by atoms with van der Waals surface area (Å²) in [7, 11) is 0. The summed E-state index contributed by atoms with van der Waals surface area (Å²) in [6, 6.07) is 10.4. The van der Waals surface area contributed by atoms with Gasteiger partial charge in [0.25, 0.3) is 0 Å². The van der Waals surface area contributed by atoms with Gasteiger partial charge in [-0.05, 0) is 53.5 Å². The molecule has 1 N–H and O–H groups in total. The fraction of sp³-hybridized carbons (Fsp3) is 0.417. The number of aromatic carboxylic acids is 1. The Hall–Kier alpha value is -4.13. The van der Waals surface area contributed by atoms with E-state index in [0.717, 1.165) is 16.7 Å². The second-order valence-corrected chi connectivity index (χ2v) is 13.3. The Morgan fingerprint density at radius 3 is 2.05 bits per heavy atom. The zero-order valence-electron chi connectivity index (χ0n) is 25.7. The lowest BCUT2D eigenvalue weighted by atomic mass is 9.65. The Kier molecular flexibility index (Phi) is 8.12. The number of carbonyl (C=O) groups excluding carboxylic acids is 2. The summed E-state index contributed by atoms with van der Waals surface area (Å²) in [5.74, 6) is 0.888. The molecule has 1 heterocycles. The van der Waals surface area contributed by atoms with Gasteiger partial charge < -0.3 is 19.3 Å². The van der Waals surface area contributed by atoms with Crippen molar-refractivity contribution in [2.75, 3.05) is 6.61 Å². The molecule has 0 spiro atoms. The number of hydrogen-bond donors (Lipinski definition) is 1. The summed E-state index contributed by atoms with van der Waals surface area (Å²) >= 11 is 0. The van der Waals surface area contributed by atoms with Gasteiger partial charge in [0.1, 0.15) is 18.1 Å². The minimum Gasteiger partial charge on any atom is -0.490 e. The van der Waals surface area contributed by atoms with Gasteiger partial charge in [-0.25, -0.2) is 4.79 Å². The molecule has 226 valence electrons. The largest absolute Gasteiger partial charge is 0.490 e. The first-order valence-corrected chi connectivity index (χ1v) is 14.9. The number of ether oxygens (including phenoxy) is 3. The molecule has 2 aliphatic carbocycles. The molecule has 0 radical (unpaired) electrons. The van der Waals surface area contributed by atoms with E-state index in [4.69, 9.17) is 14.2 Å². The van der Waals surface area contributed by atoms with Crippen molar-refractivity contribution in [3.05, 3.63) is 94.0 Å². The number of hydrogen-bond acceptors (Lipinski definition) is 6. The fourth-order valence-corrected chi connectivity index (χ4v) is 6.49. The first-order valence-electron chi connectivity index (χ1n) is 14.9. The predicted octanol–water partition coefficient (Wildman–Crippen LogP) is 7.49. The van der Waals surface area contributed by atoms with Crippen LogP contribution < -0.4 is 9.47 Å². The molecule has 0 atom stereocenters. The number of carbonyl (C=O) groups is 3. The quantitative estimate of drug-likeness (QED) is 0.305. The molecule has 0 fully saturated rings. The van der Waals surface area contributed by atoms with E-state index in [0.29, 0.717) is 72.9 Å². The number of benzene rings is 2. The zero-order valence-corrected chi connectivity index (χ0v) is 25.7. The van der Waals surface area contributed by atoms with Crippen LogP contribution in [0.15, 0.2) is 71.7 Å². The number of allylic oxidation sites excluding steroid dienone is 5. The molecule has 2 aromatic carbocycles. The van der Waals surface area contributed by atoms with Gasteiger partial charge in [0, 0.05) is 48.3 Å². The predicted molar refractivity (Wildman–Crippen MR) is 163 cm³/mol. The molecular formula is C36H40O7. The molecule has 3 aliphatic rings. The van der Waals surface area contributed by atoms with Gasteiger partial charge in [0.15, 0.2) is 23.1 Å². The van der Waals surface area contributed by atoms with E-state index < -0.39 is 11.9 Å². The first-order chi connectivity index (χ1) is 20.3. The standard InChI is InChI=1S/C36H40O7/c1-7-9-23-14-24(15-27(41-8-2)33(23)42-20-21-10-12-22(13-11-21)34(39)40)30-31-25(37)16-35(3,4)18-28(31)43-29-19-36(5,6)17-26(38)32(29)30/h7,10-15,30H,1,8-9,16-20H2,2-6H3,(H,39,40). The molecule has 7 heteroatoms. The van der Waals surface area contributed by atoms with Gasteiger partial charge in [0.2, 0.25) is 0 Å². The highest BCUT2D eigenvalue weighted by molar-refractivity contribution is 6.06. The number of ketones is 2. The Balaban J connectivity index is 1.62. The molecule has 43 heavy (non-hydrogen) atoms. The van der Waals surface area contributed by atoms with Crippen LogP contribution in [0.3, 0.4) is 0 Å². The van der Waals surface area contributed by atoms with Crippen LogP contribution in [0, 0.1) is 10.8 Å². The van der Waals surface area contributed by atoms with E-state index in [2.05, 4.69) is 34.3 Å². The maximum absolute atomic E-state index is 13.8. The molecular weight excluding hydrogens is 544 g/mol. The minimum absolute atomic E-state index is 0.00815. The van der Waals surface area contributed by atoms with E-state index in [1.54, 1.807) is 30.3 Å². The normalized spacial score (nSPS) is 19.4. The molecule has 0 amide bonds. The molecule has 5 rings (SSSR count). The second kappa shape index (κ2) is 11.5. The molecule has 0 unspecified atom stereocenters. The van der Waals surface area contributed by atoms with Crippen molar-refractivity contribution < 1.29 is 33.7 Å². The average molecular weight is 585 g/mol. The molecule has 1 aliphatic heterocycles. The van der Waals surface area contributed by atoms with Crippen LogP contribution in [0.5, 0.6) is 11.5 Å². The van der Waals surface area contributed by atoms with E-state index >= 15 is 0 Å². The van der Waals surface area contributed by atoms with E-state index in [-0.39, 0.29) is 34.6 Å². The number of Topliss-reactive ketones (excluding diaryl/α,β-unsaturated/α-hetero) is 2. The third-order valence-corrected chi connectivity index (χ3v) is 8.32. The lowest BCUT2D eigenvalue weighted by molar-refractivity contribution is -0.120. The van der Waals surface area contributed by atoms with Gasteiger partial charge in [-0.1, -0.05) is 52.0 Å². The molecule has 2 aromatic rings.